The molecule has 0 radical (unpaired) electrons. The molecule has 4 nitrogen and oxygen atoms in total. The van der Waals surface area contributed by atoms with Crippen LogP contribution in [0.5, 0.6) is 5.75 Å². The first-order valence-corrected chi connectivity index (χ1v) is 7.26. The van der Waals surface area contributed by atoms with E-state index in [1.807, 2.05) is 0 Å². The Labute approximate surface area is 125 Å². The summed E-state index contributed by atoms with van der Waals surface area (Å²) in [5, 5.41) is 3.23. The Morgan fingerprint density at radius 3 is 2.67 bits per heavy atom. The van der Waals surface area contributed by atoms with Crippen LogP contribution < -0.4 is 10.1 Å². The summed E-state index contributed by atoms with van der Waals surface area (Å²) in [6.45, 7) is 9.16. The molecule has 1 unspecified atom stereocenters. The Morgan fingerprint density at radius 2 is 2.05 bits per heavy atom. The zero-order valence-electron chi connectivity index (χ0n) is 13.1. The van der Waals surface area contributed by atoms with Crippen molar-refractivity contribution in [2.75, 3.05) is 13.2 Å². The largest absolute Gasteiger partial charge is 0.479 e. The maximum Gasteiger partial charge on any atom is 0.347 e. The van der Waals surface area contributed by atoms with Gasteiger partial charge in [-0.05, 0) is 44.5 Å². The van der Waals surface area contributed by atoms with Crippen molar-refractivity contribution in [3.63, 3.8) is 0 Å². The molecule has 1 aromatic carbocycles. The molecule has 118 valence electrons. The average Bonchev–Trinajstić information content (AvgIpc) is 2.41. The molecule has 0 spiro atoms. The standard InChI is InChI=1S/C16H24FNO3/c1-5-20-16(19)12(4)21-15-7-6-14(17)8-13(15)10-18-9-11(2)3/h6-8,11-12,18H,5,9-10H2,1-4H3. The Kier molecular flexibility index (Phi) is 7.15. The van der Waals surface area contributed by atoms with Gasteiger partial charge in [0, 0.05) is 12.1 Å². The van der Waals surface area contributed by atoms with Crippen LogP contribution in [0.25, 0.3) is 0 Å². The average molecular weight is 297 g/mol. The number of esters is 1. The van der Waals surface area contributed by atoms with E-state index >= 15 is 0 Å². The zero-order valence-corrected chi connectivity index (χ0v) is 13.1. The maximum atomic E-state index is 13.4. The normalized spacial score (nSPS) is 12.3. The van der Waals surface area contributed by atoms with E-state index in [9.17, 15) is 9.18 Å². The van der Waals surface area contributed by atoms with E-state index < -0.39 is 12.1 Å². The van der Waals surface area contributed by atoms with Gasteiger partial charge < -0.3 is 14.8 Å². The second-order valence-corrected chi connectivity index (χ2v) is 5.29. The van der Waals surface area contributed by atoms with E-state index in [2.05, 4.69) is 19.2 Å². The second kappa shape index (κ2) is 8.62. The first kappa shape index (κ1) is 17.4. The van der Waals surface area contributed by atoms with Gasteiger partial charge >= 0.3 is 5.97 Å². The first-order chi connectivity index (χ1) is 9.93. The minimum Gasteiger partial charge on any atom is -0.479 e. The summed E-state index contributed by atoms with van der Waals surface area (Å²) >= 11 is 0. The fourth-order valence-corrected chi connectivity index (χ4v) is 1.79. The molecule has 0 saturated heterocycles. The van der Waals surface area contributed by atoms with Gasteiger partial charge in [0.15, 0.2) is 6.10 Å². The zero-order chi connectivity index (χ0) is 15.8. The molecule has 1 rings (SSSR count). The van der Waals surface area contributed by atoms with Crippen LogP contribution in [0.3, 0.4) is 0 Å². The van der Waals surface area contributed by atoms with Crippen LogP contribution in [0, 0.1) is 11.7 Å². The second-order valence-electron chi connectivity index (χ2n) is 5.29. The number of hydrogen-bond donors (Lipinski definition) is 1. The lowest BCUT2D eigenvalue weighted by molar-refractivity contribution is -0.150. The third-order valence-corrected chi connectivity index (χ3v) is 2.81. The molecule has 5 heteroatoms. The van der Waals surface area contributed by atoms with Crippen molar-refractivity contribution >= 4 is 5.97 Å². The van der Waals surface area contributed by atoms with Crippen molar-refractivity contribution < 1.29 is 18.7 Å². The van der Waals surface area contributed by atoms with Gasteiger partial charge in [-0.2, -0.15) is 0 Å². The lowest BCUT2D eigenvalue weighted by Crippen LogP contribution is -2.27. The molecule has 0 aliphatic carbocycles. The van der Waals surface area contributed by atoms with Crippen LogP contribution in [-0.2, 0) is 16.1 Å². The predicted octanol–water partition coefficient (Wildman–Crippen LogP) is 2.90. The fourth-order valence-electron chi connectivity index (χ4n) is 1.79. The number of benzene rings is 1. The fraction of sp³-hybridized carbons (Fsp3) is 0.562. The quantitative estimate of drug-likeness (QED) is 0.750. The molecule has 0 heterocycles. The summed E-state index contributed by atoms with van der Waals surface area (Å²) in [6.07, 6.45) is -0.723. The van der Waals surface area contributed by atoms with Crippen molar-refractivity contribution in [2.45, 2.75) is 40.3 Å². The van der Waals surface area contributed by atoms with Crippen molar-refractivity contribution in [3.05, 3.63) is 29.6 Å². The Hall–Kier alpha value is -1.62. The monoisotopic (exact) mass is 297 g/mol. The van der Waals surface area contributed by atoms with Gasteiger partial charge in [-0.3, -0.25) is 0 Å². The Bertz CT molecular complexity index is 463. The number of carbonyl (C=O) groups excluding carboxylic acids is 1. The summed E-state index contributed by atoms with van der Waals surface area (Å²) in [5.74, 6) is 0.241. The Balaban J connectivity index is 2.74. The highest BCUT2D eigenvalue weighted by molar-refractivity contribution is 5.74. The van der Waals surface area contributed by atoms with Crippen molar-refractivity contribution in [3.8, 4) is 5.75 Å². The summed E-state index contributed by atoms with van der Waals surface area (Å²) < 4.78 is 23.9. The first-order valence-electron chi connectivity index (χ1n) is 7.26. The van der Waals surface area contributed by atoms with Gasteiger partial charge in [0.05, 0.1) is 6.61 Å². The molecular weight excluding hydrogens is 273 g/mol. The molecule has 0 amide bonds. The van der Waals surface area contributed by atoms with Crippen LogP contribution in [0.2, 0.25) is 0 Å². The van der Waals surface area contributed by atoms with E-state index in [1.165, 1.54) is 18.2 Å². The van der Waals surface area contributed by atoms with Gasteiger partial charge in [-0.1, -0.05) is 13.8 Å². The molecule has 1 atom stereocenters. The van der Waals surface area contributed by atoms with Gasteiger partial charge in [0.25, 0.3) is 0 Å². The van der Waals surface area contributed by atoms with E-state index in [0.29, 0.717) is 30.4 Å². The molecule has 0 fully saturated rings. The molecule has 0 aliphatic heterocycles. The van der Waals surface area contributed by atoms with Crippen LogP contribution in [0.4, 0.5) is 4.39 Å². The minimum atomic E-state index is -0.723. The summed E-state index contributed by atoms with van der Waals surface area (Å²) in [4.78, 5) is 11.6. The molecule has 21 heavy (non-hydrogen) atoms. The van der Waals surface area contributed by atoms with E-state index in [-0.39, 0.29) is 5.82 Å². The maximum absolute atomic E-state index is 13.4. The molecule has 0 aliphatic rings. The van der Waals surface area contributed by atoms with Gasteiger partial charge in [0.1, 0.15) is 11.6 Å². The molecular formula is C16H24FNO3. The number of halogens is 1. The number of hydrogen-bond acceptors (Lipinski definition) is 4. The highest BCUT2D eigenvalue weighted by Crippen LogP contribution is 2.21. The lowest BCUT2D eigenvalue weighted by Gasteiger charge is -2.17. The summed E-state index contributed by atoms with van der Waals surface area (Å²) in [6, 6.07) is 4.27. The predicted molar refractivity (Wildman–Crippen MR) is 79.7 cm³/mol. The minimum absolute atomic E-state index is 0.304. The van der Waals surface area contributed by atoms with Gasteiger partial charge in [-0.25, -0.2) is 9.18 Å². The molecule has 1 aromatic rings. The SMILES string of the molecule is CCOC(=O)C(C)Oc1ccc(F)cc1CNCC(C)C. The van der Waals surface area contributed by atoms with Gasteiger partial charge in [-0.15, -0.1) is 0 Å². The number of nitrogens with one attached hydrogen (secondary N) is 1. The summed E-state index contributed by atoms with van der Waals surface area (Å²) in [5.41, 5.74) is 0.687. The third kappa shape index (κ3) is 6.12. The topological polar surface area (TPSA) is 47.6 Å². The van der Waals surface area contributed by atoms with Crippen molar-refractivity contribution in [1.82, 2.24) is 5.32 Å². The van der Waals surface area contributed by atoms with Crippen LogP contribution in [-0.4, -0.2) is 25.2 Å². The number of carbonyl (C=O) groups is 1. The molecule has 0 bridgehead atoms. The number of rotatable bonds is 8. The summed E-state index contributed by atoms with van der Waals surface area (Å²) in [7, 11) is 0. The van der Waals surface area contributed by atoms with E-state index in [0.717, 1.165) is 6.54 Å². The van der Waals surface area contributed by atoms with Crippen molar-refractivity contribution in [2.24, 2.45) is 5.92 Å². The third-order valence-electron chi connectivity index (χ3n) is 2.81. The molecule has 0 saturated carbocycles. The highest BCUT2D eigenvalue weighted by Gasteiger charge is 2.17. The molecule has 1 N–H and O–H groups in total. The van der Waals surface area contributed by atoms with Crippen LogP contribution in [0.1, 0.15) is 33.3 Å². The van der Waals surface area contributed by atoms with E-state index in [4.69, 9.17) is 9.47 Å². The van der Waals surface area contributed by atoms with E-state index in [1.54, 1.807) is 13.8 Å². The van der Waals surface area contributed by atoms with Crippen molar-refractivity contribution in [1.29, 1.82) is 0 Å². The smallest absolute Gasteiger partial charge is 0.347 e. The Morgan fingerprint density at radius 1 is 1.33 bits per heavy atom. The lowest BCUT2D eigenvalue weighted by atomic mass is 10.1. The molecule has 0 aromatic heterocycles. The van der Waals surface area contributed by atoms with Crippen LogP contribution >= 0.6 is 0 Å². The highest BCUT2D eigenvalue weighted by atomic mass is 19.1. The van der Waals surface area contributed by atoms with Crippen LogP contribution in [0.15, 0.2) is 18.2 Å². The van der Waals surface area contributed by atoms with Gasteiger partial charge in [0.2, 0.25) is 0 Å². The number of ether oxygens (including phenoxy) is 2.